The first-order valence-corrected chi connectivity index (χ1v) is 8.26. The van der Waals surface area contributed by atoms with Crippen LogP contribution in [0.4, 0.5) is 0 Å². The van der Waals surface area contributed by atoms with Gasteiger partial charge in [0.25, 0.3) is 11.8 Å². The van der Waals surface area contributed by atoms with Crippen LogP contribution in [0.3, 0.4) is 0 Å². The number of aromatic hydroxyl groups is 2. The molecule has 0 radical (unpaired) electrons. The Morgan fingerprint density at radius 1 is 0.962 bits per heavy atom. The molecule has 0 aliphatic carbocycles. The molecule has 4 N–H and O–H groups in total. The molecule has 0 aromatic heterocycles. The lowest BCUT2D eigenvalue weighted by Crippen LogP contribution is -2.36. The van der Waals surface area contributed by atoms with Gasteiger partial charge in [0.1, 0.15) is 17.2 Å². The fraction of sp³-hybridized carbons (Fsp3) is 0.176. The molecule has 26 heavy (non-hydrogen) atoms. The highest BCUT2D eigenvalue weighted by atomic mass is 35.5. The van der Waals surface area contributed by atoms with Crippen molar-refractivity contribution in [2.45, 2.75) is 0 Å². The third kappa shape index (κ3) is 6.02. The van der Waals surface area contributed by atoms with Gasteiger partial charge in [0, 0.05) is 29.7 Å². The first-order chi connectivity index (χ1) is 12.3. The van der Waals surface area contributed by atoms with Gasteiger partial charge in [-0.3, -0.25) is 9.59 Å². The molecule has 138 valence electrons. The Kier molecular flexibility index (Phi) is 6.94. The number of amides is 2. The maximum Gasteiger partial charge on any atom is 0.258 e. The molecule has 7 nitrogen and oxygen atoms in total. The van der Waals surface area contributed by atoms with E-state index in [1.807, 2.05) is 0 Å². The minimum absolute atomic E-state index is 0.106. The normalized spacial score (nSPS) is 10.2. The monoisotopic (exact) mass is 398 g/mol. The molecular formula is C17H16Cl2N2O5. The van der Waals surface area contributed by atoms with Gasteiger partial charge in [-0.25, -0.2) is 0 Å². The van der Waals surface area contributed by atoms with E-state index < -0.39 is 5.91 Å². The van der Waals surface area contributed by atoms with Gasteiger partial charge in [0.05, 0.1) is 5.02 Å². The topological polar surface area (TPSA) is 108 Å². The molecule has 9 heteroatoms. The molecule has 0 saturated carbocycles. The highest BCUT2D eigenvalue weighted by Gasteiger charge is 2.09. The maximum atomic E-state index is 11.9. The summed E-state index contributed by atoms with van der Waals surface area (Å²) in [6.07, 6.45) is 0. The summed E-state index contributed by atoms with van der Waals surface area (Å²) in [4.78, 5) is 23.6. The van der Waals surface area contributed by atoms with Crippen molar-refractivity contribution < 1.29 is 24.5 Å². The molecule has 0 aliphatic rings. The Morgan fingerprint density at radius 3 is 2.27 bits per heavy atom. The Bertz CT molecular complexity index is 793. The summed E-state index contributed by atoms with van der Waals surface area (Å²) in [5.41, 5.74) is 0.106. The van der Waals surface area contributed by atoms with E-state index in [-0.39, 0.29) is 42.7 Å². The van der Waals surface area contributed by atoms with Crippen LogP contribution in [-0.4, -0.2) is 41.7 Å². The fourth-order valence-electron chi connectivity index (χ4n) is 1.99. The van der Waals surface area contributed by atoms with Gasteiger partial charge in [-0.15, -0.1) is 0 Å². The highest BCUT2D eigenvalue weighted by Crippen LogP contribution is 2.27. The van der Waals surface area contributed by atoms with E-state index >= 15 is 0 Å². The van der Waals surface area contributed by atoms with Crippen LogP contribution < -0.4 is 15.4 Å². The molecule has 2 amide bonds. The third-order valence-electron chi connectivity index (χ3n) is 3.15. The molecule has 0 saturated heterocycles. The van der Waals surface area contributed by atoms with E-state index in [4.69, 9.17) is 27.9 Å². The number of nitrogens with one attached hydrogen (secondary N) is 2. The lowest BCUT2D eigenvalue weighted by atomic mass is 10.2. The predicted molar refractivity (Wildman–Crippen MR) is 97.1 cm³/mol. The van der Waals surface area contributed by atoms with Crippen LogP contribution in [0.1, 0.15) is 10.4 Å². The van der Waals surface area contributed by atoms with Gasteiger partial charge >= 0.3 is 0 Å². The minimum atomic E-state index is -0.491. The van der Waals surface area contributed by atoms with Crippen molar-refractivity contribution in [3.05, 3.63) is 52.0 Å². The van der Waals surface area contributed by atoms with Crippen LogP contribution in [0.5, 0.6) is 17.2 Å². The molecule has 0 aliphatic heterocycles. The Morgan fingerprint density at radius 2 is 1.62 bits per heavy atom. The van der Waals surface area contributed by atoms with Gasteiger partial charge in [0.2, 0.25) is 0 Å². The number of hydrogen-bond donors (Lipinski definition) is 4. The van der Waals surface area contributed by atoms with Crippen molar-refractivity contribution in [1.29, 1.82) is 0 Å². The van der Waals surface area contributed by atoms with E-state index in [2.05, 4.69) is 10.6 Å². The second-order valence-electron chi connectivity index (χ2n) is 5.21. The van der Waals surface area contributed by atoms with Crippen molar-refractivity contribution in [3.8, 4) is 17.2 Å². The number of phenolic OH excluding ortho intramolecular Hbond substituents is 2. The zero-order chi connectivity index (χ0) is 19.1. The zero-order valence-electron chi connectivity index (χ0n) is 13.5. The van der Waals surface area contributed by atoms with E-state index in [1.54, 1.807) is 12.1 Å². The molecule has 0 spiro atoms. The second kappa shape index (κ2) is 9.17. The van der Waals surface area contributed by atoms with Gasteiger partial charge < -0.3 is 25.6 Å². The number of halogens is 2. The van der Waals surface area contributed by atoms with Crippen LogP contribution >= 0.6 is 23.2 Å². The lowest BCUT2D eigenvalue weighted by molar-refractivity contribution is -0.123. The van der Waals surface area contributed by atoms with Gasteiger partial charge in [-0.05, 0) is 30.3 Å². The van der Waals surface area contributed by atoms with Crippen molar-refractivity contribution in [2.24, 2.45) is 0 Å². The van der Waals surface area contributed by atoms with Gasteiger partial charge in [-0.1, -0.05) is 23.2 Å². The number of carbonyl (C=O) groups is 2. The third-order valence-corrected chi connectivity index (χ3v) is 3.68. The number of carbonyl (C=O) groups excluding carboxylic acids is 2. The number of hydrogen-bond acceptors (Lipinski definition) is 5. The predicted octanol–water partition coefficient (Wildman–Crippen LogP) is 2.33. The van der Waals surface area contributed by atoms with Crippen molar-refractivity contribution in [2.75, 3.05) is 19.7 Å². The van der Waals surface area contributed by atoms with Crippen molar-refractivity contribution in [3.63, 3.8) is 0 Å². The van der Waals surface area contributed by atoms with Crippen LogP contribution in [0, 0.1) is 0 Å². The van der Waals surface area contributed by atoms with Crippen LogP contribution in [0.2, 0.25) is 10.0 Å². The molecule has 0 heterocycles. The lowest BCUT2D eigenvalue weighted by Gasteiger charge is -2.10. The molecule has 2 rings (SSSR count). The molecule has 0 unspecified atom stereocenters. The Labute approximate surface area is 159 Å². The Balaban J connectivity index is 1.70. The molecule has 2 aromatic rings. The SMILES string of the molecule is O=C(COc1ccc(Cl)cc1Cl)NCCNC(=O)c1cc(O)cc(O)c1. The number of benzene rings is 2. The number of phenols is 2. The summed E-state index contributed by atoms with van der Waals surface area (Å²) >= 11 is 11.7. The summed E-state index contributed by atoms with van der Waals surface area (Å²) in [6.45, 7) is 0.0888. The maximum absolute atomic E-state index is 11.9. The van der Waals surface area contributed by atoms with Gasteiger partial charge in [-0.2, -0.15) is 0 Å². The Hall–Kier alpha value is -2.64. The minimum Gasteiger partial charge on any atom is -0.508 e. The smallest absolute Gasteiger partial charge is 0.258 e. The molecule has 0 atom stereocenters. The summed E-state index contributed by atoms with van der Waals surface area (Å²) in [5, 5.41) is 24.6. The molecule has 0 bridgehead atoms. The highest BCUT2D eigenvalue weighted by molar-refractivity contribution is 6.35. The van der Waals surface area contributed by atoms with Crippen LogP contribution in [0.15, 0.2) is 36.4 Å². The zero-order valence-corrected chi connectivity index (χ0v) is 15.0. The van der Waals surface area contributed by atoms with Crippen LogP contribution in [-0.2, 0) is 4.79 Å². The average molecular weight is 399 g/mol. The first kappa shape index (κ1) is 19.7. The largest absolute Gasteiger partial charge is 0.508 e. The summed E-state index contributed by atoms with van der Waals surface area (Å²) in [5.74, 6) is -0.985. The molecule has 0 fully saturated rings. The fourth-order valence-corrected chi connectivity index (χ4v) is 2.46. The first-order valence-electron chi connectivity index (χ1n) is 7.51. The second-order valence-corrected chi connectivity index (χ2v) is 6.05. The van der Waals surface area contributed by atoms with Crippen molar-refractivity contribution in [1.82, 2.24) is 10.6 Å². The van der Waals surface area contributed by atoms with E-state index in [0.29, 0.717) is 15.8 Å². The van der Waals surface area contributed by atoms with E-state index in [1.165, 1.54) is 18.2 Å². The number of ether oxygens (including phenoxy) is 1. The van der Waals surface area contributed by atoms with Crippen LogP contribution in [0.25, 0.3) is 0 Å². The summed E-state index contributed by atoms with van der Waals surface area (Å²) < 4.78 is 5.28. The summed E-state index contributed by atoms with van der Waals surface area (Å²) in [6, 6.07) is 8.21. The standard InChI is InChI=1S/C17H16Cl2N2O5/c18-11-1-2-15(14(19)7-11)26-9-16(24)20-3-4-21-17(25)10-5-12(22)8-13(23)6-10/h1-2,5-8,22-23H,3-4,9H2,(H,20,24)(H,21,25). The van der Waals surface area contributed by atoms with E-state index in [9.17, 15) is 19.8 Å². The van der Waals surface area contributed by atoms with Gasteiger partial charge in [0.15, 0.2) is 6.61 Å². The molecular weight excluding hydrogens is 383 g/mol. The van der Waals surface area contributed by atoms with Crippen molar-refractivity contribution >= 4 is 35.0 Å². The molecule has 2 aromatic carbocycles. The van der Waals surface area contributed by atoms with E-state index in [0.717, 1.165) is 6.07 Å². The quantitative estimate of drug-likeness (QED) is 0.535. The number of rotatable bonds is 7. The summed E-state index contributed by atoms with van der Waals surface area (Å²) in [7, 11) is 0. The average Bonchev–Trinajstić information content (AvgIpc) is 2.57.